The van der Waals surface area contributed by atoms with Crippen molar-refractivity contribution in [2.45, 2.75) is 44.9 Å². The molecule has 0 spiro atoms. The van der Waals surface area contributed by atoms with E-state index in [-0.39, 0.29) is 12.1 Å². The third-order valence-electron chi connectivity index (χ3n) is 7.04. The van der Waals surface area contributed by atoms with Gasteiger partial charge in [0, 0.05) is 16.8 Å². The summed E-state index contributed by atoms with van der Waals surface area (Å²) in [6.45, 7) is 1.90. The molecule has 2 amide bonds. The summed E-state index contributed by atoms with van der Waals surface area (Å²) in [7, 11) is 0. The van der Waals surface area contributed by atoms with Gasteiger partial charge >= 0.3 is 18.2 Å². The molecule has 0 unspecified atom stereocenters. The van der Waals surface area contributed by atoms with Crippen molar-refractivity contribution >= 4 is 23.4 Å². The molecule has 6 nitrogen and oxygen atoms in total. The van der Waals surface area contributed by atoms with E-state index in [4.69, 9.17) is 0 Å². The van der Waals surface area contributed by atoms with E-state index in [0.717, 1.165) is 34.4 Å². The minimum Gasteiger partial charge on any atom is -0.481 e. The van der Waals surface area contributed by atoms with Crippen LogP contribution in [0, 0.1) is 5.41 Å². The molecule has 4 N–H and O–H groups in total. The number of aliphatic hydroxyl groups is 1. The van der Waals surface area contributed by atoms with Crippen LogP contribution in [0.1, 0.15) is 49.0 Å². The average molecular weight is 513 g/mol. The van der Waals surface area contributed by atoms with E-state index in [9.17, 15) is 33.0 Å². The number of fused-ring (bicyclic) bond motifs is 1. The fourth-order valence-electron chi connectivity index (χ4n) is 4.91. The molecule has 3 aromatic rings. The topological polar surface area (TPSA) is 98.7 Å². The molecule has 37 heavy (non-hydrogen) atoms. The third kappa shape index (κ3) is 5.77. The maximum Gasteiger partial charge on any atom is 0.416 e. The minimum atomic E-state index is -4.50. The first-order chi connectivity index (χ1) is 17.5. The second kappa shape index (κ2) is 10.3. The number of carbonyl (C=O) groups excluding carboxylic acids is 1. The monoisotopic (exact) mass is 512 g/mol. The van der Waals surface area contributed by atoms with Crippen LogP contribution in [0.25, 0.3) is 11.1 Å². The smallest absolute Gasteiger partial charge is 0.416 e. The van der Waals surface area contributed by atoms with Gasteiger partial charge in [-0.1, -0.05) is 43.3 Å². The van der Waals surface area contributed by atoms with E-state index in [2.05, 4.69) is 10.6 Å². The number of carbonyl (C=O) groups is 2. The Morgan fingerprint density at radius 2 is 1.65 bits per heavy atom. The van der Waals surface area contributed by atoms with E-state index in [1.807, 2.05) is 37.3 Å². The van der Waals surface area contributed by atoms with Gasteiger partial charge in [0.25, 0.3) is 0 Å². The molecule has 3 aromatic carbocycles. The summed E-state index contributed by atoms with van der Waals surface area (Å²) in [5.74, 6) is -0.918. The molecule has 9 heteroatoms. The second-order valence-electron chi connectivity index (χ2n) is 9.34. The van der Waals surface area contributed by atoms with Gasteiger partial charge in [-0.15, -0.1) is 0 Å². The molecule has 0 fully saturated rings. The van der Waals surface area contributed by atoms with Crippen LogP contribution in [0.4, 0.5) is 29.3 Å². The van der Waals surface area contributed by atoms with Gasteiger partial charge in [0.1, 0.15) is 0 Å². The first-order valence-corrected chi connectivity index (χ1v) is 11.9. The van der Waals surface area contributed by atoms with Crippen molar-refractivity contribution in [2.24, 2.45) is 5.41 Å². The maximum absolute atomic E-state index is 12.9. The zero-order chi connectivity index (χ0) is 26.8. The van der Waals surface area contributed by atoms with Gasteiger partial charge in [-0.25, -0.2) is 4.79 Å². The molecular weight excluding hydrogens is 485 g/mol. The van der Waals surface area contributed by atoms with Gasteiger partial charge in [0.05, 0.1) is 18.1 Å². The Kier molecular flexibility index (Phi) is 7.27. The van der Waals surface area contributed by atoms with Crippen LogP contribution in [0.3, 0.4) is 0 Å². The molecular formula is C28H27F3N2O4. The van der Waals surface area contributed by atoms with Gasteiger partial charge < -0.3 is 20.8 Å². The molecule has 0 aliphatic heterocycles. The number of amides is 2. The van der Waals surface area contributed by atoms with Crippen molar-refractivity contribution in [2.75, 3.05) is 10.6 Å². The van der Waals surface area contributed by atoms with Crippen molar-refractivity contribution in [3.05, 3.63) is 83.4 Å². The van der Waals surface area contributed by atoms with Crippen LogP contribution < -0.4 is 10.6 Å². The van der Waals surface area contributed by atoms with Crippen molar-refractivity contribution < 1.29 is 33.0 Å². The van der Waals surface area contributed by atoms with Crippen LogP contribution in [0.2, 0.25) is 0 Å². The Hall–Kier alpha value is -3.85. The number of carboxylic acid groups (broad SMARTS) is 1. The van der Waals surface area contributed by atoms with E-state index < -0.39 is 35.3 Å². The number of anilines is 2. The number of alkyl halides is 3. The Labute approximate surface area is 212 Å². The number of rotatable bonds is 6. The molecule has 0 heterocycles. The highest BCUT2D eigenvalue weighted by atomic mass is 19.4. The zero-order valence-electron chi connectivity index (χ0n) is 20.1. The van der Waals surface area contributed by atoms with Crippen LogP contribution in [-0.4, -0.2) is 22.2 Å². The fraction of sp³-hybridized carbons (Fsp3) is 0.286. The van der Waals surface area contributed by atoms with Crippen molar-refractivity contribution in [3.8, 4) is 11.1 Å². The summed E-state index contributed by atoms with van der Waals surface area (Å²) >= 11 is 0. The molecule has 194 valence electrons. The number of aliphatic hydroxyl groups excluding tert-OH is 1. The molecule has 1 aliphatic carbocycles. The minimum absolute atomic E-state index is 0.0237. The molecule has 0 saturated carbocycles. The van der Waals surface area contributed by atoms with Gasteiger partial charge in [0.2, 0.25) is 0 Å². The fourth-order valence-corrected chi connectivity index (χ4v) is 4.91. The summed E-state index contributed by atoms with van der Waals surface area (Å²) in [5.41, 5.74) is 2.47. The summed E-state index contributed by atoms with van der Waals surface area (Å²) in [5, 5.41) is 25.3. The van der Waals surface area contributed by atoms with Crippen molar-refractivity contribution in [3.63, 3.8) is 0 Å². The number of hydrogen-bond acceptors (Lipinski definition) is 3. The van der Waals surface area contributed by atoms with E-state index >= 15 is 0 Å². The first-order valence-electron chi connectivity index (χ1n) is 11.9. The third-order valence-corrected chi connectivity index (χ3v) is 7.04. The van der Waals surface area contributed by atoms with Crippen LogP contribution in [0.5, 0.6) is 0 Å². The van der Waals surface area contributed by atoms with Gasteiger partial charge in [-0.2, -0.15) is 13.2 Å². The van der Waals surface area contributed by atoms with E-state index in [1.165, 1.54) is 12.1 Å². The molecule has 0 radical (unpaired) electrons. The lowest BCUT2D eigenvalue weighted by atomic mass is 9.65. The number of aliphatic carboxylic acids is 1. The lowest BCUT2D eigenvalue weighted by Crippen LogP contribution is -2.35. The van der Waals surface area contributed by atoms with Crippen LogP contribution >= 0.6 is 0 Å². The highest BCUT2D eigenvalue weighted by Gasteiger charge is 2.42. The van der Waals surface area contributed by atoms with Gasteiger partial charge in [-0.3, -0.25) is 4.79 Å². The van der Waals surface area contributed by atoms with E-state index in [0.29, 0.717) is 24.9 Å². The van der Waals surface area contributed by atoms with Crippen molar-refractivity contribution in [1.82, 2.24) is 0 Å². The molecule has 0 bridgehead atoms. The lowest BCUT2D eigenvalue weighted by Gasteiger charge is -2.41. The van der Waals surface area contributed by atoms with Crippen LogP contribution in [0.15, 0.2) is 66.7 Å². The molecule has 2 atom stereocenters. The van der Waals surface area contributed by atoms with Crippen LogP contribution in [-0.2, 0) is 17.4 Å². The predicted octanol–water partition coefficient (Wildman–Crippen LogP) is 6.87. The largest absolute Gasteiger partial charge is 0.481 e. The number of nitrogens with one attached hydrogen (secondary N) is 2. The maximum atomic E-state index is 12.9. The normalized spacial score (nSPS) is 19.1. The molecule has 0 aromatic heterocycles. The quantitative estimate of drug-likeness (QED) is 0.290. The molecule has 0 saturated heterocycles. The van der Waals surface area contributed by atoms with Gasteiger partial charge in [0.15, 0.2) is 0 Å². The summed E-state index contributed by atoms with van der Waals surface area (Å²) in [4.78, 5) is 23.7. The van der Waals surface area contributed by atoms with Gasteiger partial charge in [-0.05, 0) is 71.8 Å². The Morgan fingerprint density at radius 3 is 2.30 bits per heavy atom. The number of hydrogen-bond donors (Lipinski definition) is 4. The van der Waals surface area contributed by atoms with Crippen molar-refractivity contribution in [1.29, 1.82) is 0 Å². The number of carboxylic acids is 1. The number of urea groups is 1. The SMILES string of the molecule is CC[C@@]1(CC(=O)O)CCc2cc(-c3ccc(NC(=O)Nc4cccc(C(F)(F)F)c4)cc3)ccc2[C@@H]1O. The summed E-state index contributed by atoms with van der Waals surface area (Å²) in [6, 6.07) is 16.4. The Morgan fingerprint density at radius 1 is 0.973 bits per heavy atom. The Bertz CT molecular complexity index is 1310. The Balaban J connectivity index is 1.44. The zero-order valence-corrected chi connectivity index (χ0v) is 20.1. The predicted molar refractivity (Wildman–Crippen MR) is 134 cm³/mol. The van der Waals surface area contributed by atoms with E-state index in [1.54, 1.807) is 12.1 Å². The lowest BCUT2D eigenvalue weighted by molar-refractivity contribution is -0.143. The highest BCUT2D eigenvalue weighted by Crippen LogP contribution is 2.49. The summed E-state index contributed by atoms with van der Waals surface area (Å²) in [6.07, 6.45) is -3.63. The summed E-state index contributed by atoms with van der Waals surface area (Å²) < 4.78 is 38.6. The highest BCUT2D eigenvalue weighted by molar-refractivity contribution is 5.99. The number of halogens is 3. The molecule has 4 rings (SSSR count). The second-order valence-corrected chi connectivity index (χ2v) is 9.34. The number of aryl methyl sites for hydroxylation is 1. The molecule has 1 aliphatic rings. The number of benzene rings is 3. The first kappa shape index (κ1) is 26.2. The average Bonchev–Trinajstić information content (AvgIpc) is 2.85. The standard InChI is InChI=1S/C28H27F3N2O4/c1-2-27(16-24(34)35)13-12-19-14-18(8-11-23(19)25(27)36)17-6-9-21(10-7-17)32-26(37)33-22-5-3-4-20(15-22)28(29,30)31/h3-11,14-15,25,36H,2,12-13,16H2,1H3,(H,34,35)(H2,32,33,37)/t25-,27-/m0/s1.